The molecule has 7 N–H and O–H groups in total. The number of benzene rings is 1. The Morgan fingerprint density at radius 1 is 1.29 bits per heavy atom. The van der Waals surface area contributed by atoms with Gasteiger partial charge in [0.05, 0.1) is 12.2 Å². The highest BCUT2D eigenvalue weighted by Crippen LogP contribution is 2.31. The van der Waals surface area contributed by atoms with Crippen molar-refractivity contribution in [3.05, 3.63) is 35.4 Å². The van der Waals surface area contributed by atoms with E-state index in [9.17, 15) is 28.0 Å². The molecule has 2 aromatic rings. The molecule has 0 aliphatic rings. The van der Waals surface area contributed by atoms with Crippen LogP contribution in [0.1, 0.15) is 38.3 Å². The Morgan fingerprint density at radius 2 is 2.00 bits per heavy atom. The van der Waals surface area contributed by atoms with E-state index in [1.807, 2.05) is 6.07 Å². The molecule has 0 aliphatic heterocycles. The van der Waals surface area contributed by atoms with Crippen LogP contribution in [0.5, 0.6) is 5.88 Å². The summed E-state index contributed by atoms with van der Waals surface area (Å²) < 4.78 is 44.3. The molecular weight excluding hydrogens is 469 g/mol. The molecule has 0 unspecified atom stereocenters. The lowest BCUT2D eigenvalue weighted by Gasteiger charge is -2.20. The van der Waals surface area contributed by atoms with Crippen molar-refractivity contribution < 1.29 is 27.5 Å². The summed E-state index contributed by atoms with van der Waals surface area (Å²) in [5.74, 6) is -1.12. The first-order valence-electron chi connectivity index (χ1n) is 10.0. The Hall–Kier alpha value is -4.28. The number of aromatic nitrogens is 2. The Labute approximate surface area is 200 Å². The van der Waals surface area contributed by atoms with Gasteiger partial charge in [-0.1, -0.05) is 13.5 Å². The van der Waals surface area contributed by atoms with Crippen molar-refractivity contribution >= 4 is 29.4 Å². The van der Waals surface area contributed by atoms with Gasteiger partial charge in [-0.15, -0.1) is 0 Å². The molecule has 0 bridgehead atoms. The average Bonchev–Trinajstić information content (AvgIpc) is 2.75. The fraction of sp³-hybridized carbons (Fsp3) is 0.381. The van der Waals surface area contributed by atoms with Gasteiger partial charge in [0, 0.05) is 12.2 Å². The smallest absolute Gasteiger partial charge is 0.416 e. The second-order valence-electron chi connectivity index (χ2n) is 6.85. The van der Waals surface area contributed by atoms with Gasteiger partial charge in [-0.2, -0.15) is 28.4 Å². The van der Waals surface area contributed by atoms with Crippen molar-refractivity contribution in [3.8, 4) is 11.9 Å². The van der Waals surface area contributed by atoms with Gasteiger partial charge in [-0.05, 0) is 38.0 Å². The fourth-order valence-electron chi connectivity index (χ4n) is 2.86. The number of urea groups is 1. The van der Waals surface area contributed by atoms with E-state index in [0.29, 0.717) is 0 Å². The first kappa shape index (κ1) is 28.8. The summed E-state index contributed by atoms with van der Waals surface area (Å²) in [5.41, 5.74) is 9.58. The monoisotopic (exact) mass is 496 g/mol. The van der Waals surface area contributed by atoms with E-state index in [1.54, 1.807) is 6.92 Å². The largest absolute Gasteiger partial charge is 0.477 e. The maximum absolute atomic E-state index is 13.0. The van der Waals surface area contributed by atoms with Crippen molar-refractivity contribution in [3.63, 3.8) is 0 Å². The van der Waals surface area contributed by atoms with Gasteiger partial charge >= 0.3 is 12.2 Å². The van der Waals surface area contributed by atoms with Crippen molar-refractivity contribution in [1.82, 2.24) is 15.3 Å². The van der Waals surface area contributed by atoms with Crippen LogP contribution in [0, 0.1) is 11.3 Å². The number of nitrogens with zero attached hydrogens (tertiary/aromatic N) is 3. The third kappa shape index (κ3) is 8.54. The Bertz CT molecular complexity index is 1070. The van der Waals surface area contributed by atoms with Crippen LogP contribution in [0.3, 0.4) is 0 Å². The van der Waals surface area contributed by atoms with Crippen molar-refractivity contribution in [1.29, 1.82) is 5.26 Å². The van der Waals surface area contributed by atoms with Crippen LogP contribution in [0.15, 0.2) is 24.3 Å². The molecule has 1 aromatic heterocycles. The number of nitrogen functional groups attached to an aromatic ring is 1. The summed E-state index contributed by atoms with van der Waals surface area (Å²) in [6.45, 7) is 1.98. The van der Waals surface area contributed by atoms with Crippen molar-refractivity contribution in [2.24, 2.45) is 5.73 Å². The molecule has 11 nitrogen and oxygen atoms in total. The average molecular weight is 496 g/mol. The number of halogens is 3. The highest BCUT2D eigenvalue weighted by molar-refractivity contribution is 5.96. The molecule has 190 valence electrons. The molecule has 14 heteroatoms. The summed E-state index contributed by atoms with van der Waals surface area (Å²) in [6, 6.07) is 4.16. The summed E-state index contributed by atoms with van der Waals surface area (Å²) in [7, 11) is 0. The summed E-state index contributed by atoms with van der Waals surface area (Å²) in [4.78, 5) is 31.6. The first-order chi connectivity index (χ1) is 16.0. The summed E-state index contributed by atoms with van der Waals surface area (Å²) in [5, 5.41) is 17.1. The van der Waals surface area contributed by atoms with Crippen LogP contribution in [0.4, 0.5) is 35.4 Å². The van der Waals surface area contributed by atoms with Gasteiger partial charge in [0.15, 0.2) is 11.4 Å². The fourth-order valence-corrected chi connectivity index (χ4v) is 2.86. The van der Waals surface area contributed by atoms with Crippen LogP contribution >= 0.6 is 0 Å². The van der Waals surface area contributed by atoms with Gasteiger partial charge < -0.3 is 32.2 Å². The highest BCUT2D eigenvalue weighted by Gasteiger charge is 2.31. The van der Waals surface area contributed by atoms with Gasteiger partial charge in [0.25, 0.3) is 0 Å². The van der Waals surface area contributed by atoms with Crippen LogP contribution in [0.25, 0.3) is 0 Å². The van der Waals surface area contributed by atoms with E-state index in [-0.39, 0.29) is 62.3 Å². The molecule has 0 fully saturated rings. The highest BCUT2D eigenvalue weighted by atomic mass is 19.4. The molecule has 35 heavy (non-hydrogen) atoms. The topological polar surface area (TPSA) is 181 Å². The quantitative estimate of drug-likeness (QED) is 0.311. The predicted molar refractivity (Wildman–Crippen MR) is 123 cm³/mol. The normalized spacial score (nSPS) is 11.4. The Kier molecular flexibility index (Phi) is 10.5. The van der Waals surface area contributed by atoms with Gasteiger partial charge in [-0.25, -0.2) is 4.79 Å². The number of primary amides is 1. The van der Waals surface area contributed by atoms with E-state index < -0.39 is 29.7 Å². The number of nitrogens with two attached hydrogens (primary N) is 2. The minimum absolute atomic E-state index is 0. The molecule has 0 aliphatic carbocycles. The molecule has 3 amide bonds. The molecule has 0 saturated heterocycles. The van der Waals surface area contributed by atoms with E-state index in [4.69, 9.17) is 16.2 Å². The lowest BCUT2D eigenvalue weighted by atomic mass is 10.1. The number of carbonyl (C=O) groups is 2. The van der Waals surface area contributed by atoms with Crippen LogP contribution < -0.4 is 32.2 Å². The zero-order valence-corrected chi connectivity index (χ0v) is 18.1. The number of rotatable bonds is 10. The van der Waals surface area contributed by atoms with E-state index in [0.717, 1.165) is 18.2 Å². The molecule has 1 aromatic carbocycles. The SMILES string of the molecule is C.CCOc1nc(N)nc(N[C@@H](CCCNC(N)=O)C(=O)Nc2cccc(C(F)(F)F)c2)c1C#N. The van der Waals surface area contributed by atoms with Crippen molar-refractivity contribution in [2.45, 2.75) is 39.4 Å². The summed E-state index contributed by atoms with van der Waals surface area (Å²) in [6.07, 6.45) is -4.24. The van der Waals surface area contributed by atoms with Crippen LogP contribution in [0.2, 0.25) is 0 Å². The molecule has 1 atom stereocenters. The van der Waals surface area contributed by atoms with Gasteiger partial charge in [0.1, 0.15) is 12.1 Å². The third-order valence-electron chi connectivity index (χ3n) is 4.34. The molecule has 1 heterocycles. The number of ether oxygens (including phenoxy) is 1. The maximum Gasteiger partial charge on any atom is 0.416 e. The lowest BCUT2D eigenvalue weighted by Crippen LogP contribution is -2.37. The second kappa shape index (κ2) is 12.8. The molecule has 0 spiro atoms. The maximum atomic E-state index is 13.0. The van der Waals surface area contributed by atoms with E-state index >= 15 is 0 Å². The van der Waals surface area contributed by atoms with Gasteiger partial charge in [-0.3, -0.25) is 4.79 Å². The van der Waals surface area contributed by atoms with Gasteiger partial charge in [0.2, 0.25) is 17.7 Å². The number of nitriles is 1. The minimum atomic E-state index is -4.59. The first-order valence-corrected chi connectivity index (χ1v) is 10.0. The summed E-state index contributed by atoms with van der Waals surface area (Å²) >= 11 is 0. The Balaban J connectivity index is 0.00000612. The third-order valence-corrected chi connectivity index (χ3v) is 4.34. The van der Waals surface area contributed by atoms with Crippen LogP contribution in [-0.2, 0) is 11.0 Å². The molecule has 2 rings (SSSR count). The number of hydrogen-bond donors (Lipinski definition) is 5. The number of nitrogens with one attached hydrogen (secondary N) is 3. The molecule has 0 radical (unpaired) electrons. The zero-order valence-electron chi connectivity index (χ0n) is 18.1. The number of anilines is 3. The molecular formula is C21H27F3N8O3. The predicted octanol–water partition coefficient (Wildman–Crippen LogP) is 2.85. The second-order valence-corrected chi connectivity index (χ2v) is 6.85. The number of carbonyl (C=O) groups excluding carboxylic acids is 2. The zero-order chi connectivity index (χ0) is 25.3. The Morgan fingerprint density at radius 3 is 2.60 bits per heavy atom. The molecule has 0 saturated carbocycles. The van der Waals surface area contributed by atoms with E-state index in [2.05, 4.69) is 25.9 Å². The standard InChI is InChI=1S/C20H23F3N8O3.CH4/c1-2-34-17-13(10-24)15(30-18(25)31-17)29-14(7-4-8-27-19(26)33)16(32)28-12-6-3-5-11(9-12)20(21,22)23;/h3,5-6,9,14H,2,4,7-8H2,1H3,(H,28,32)(H3,26,27,33)(H3,25,29,30,31);1H4/t14-;/m0./s1. The lowest BCUT2D eigenvalue weighted by molar-refractivity contribution is -0.137. The number of amides is 3. The van der Waals surface area contributed by atoms with Crippen LogP contribution in [-0.4, -0.2) is 41.1 Å². The number of alkyl halides is 3. The number of hydrogen-bond acceptors (Lipinski definition) is 8. The van der Waals surface area contributed by atoms with E-state index in [1.165, 1.54) is 6.07 Å². The van der Waals surface area contributed by atoms with Crippen molar-refractivity contribution in [2.75, 3.05) is 29.5 Å². The minimum Gasteiger partial charge on any atom is -0.477 e.